The lowest BCUT2D eigenvalue weighted by Crippen LogP contribution is -2.26. The minimum absolute atomic E-state index is 0.111. The normalized spacial score (nSPS) is 16.8. The number of rotatable bonds is 6. The molecule has 7 nitrogen and oxygen atoms in total. The van der Waals surface area contributed by atoms with E-state index >= 15 is 0 Å². The third-order valence-electron chi connectivity index (χ3n) is 4.60. The highest BCUT2D eigenvalue weighted by Crippen LogP contribution is 2.26. The Bertz CT molecular complexity index is 933. The van der Waals surface area contributed by atoms with E-state index in [0.29, 0.717) is 24.2 Å². The summed E-state index contributed by atoms with van der Waals surface area (Å²) in [6.07, 6.45) is 3.18. The first-order valence-corrected chi connectivity index (χ1v) is 11.0. The van der Waals surface area contributed by atoms with E-state index in [0.717, 1.165) is 23.9 Å². The van der Waals surface area contributed by atoms with Crippen LogP contribution in [0.15, 0.2) is 28.5 Å². The summed E-state index contributed by atoms with van der Waals surface area (Å²) in [5.74, 6) is -0.111. The third-order valence-corrected chi connectivity index (χ3v) is 7.01. The number of thiazole rings is 1. The second-order valence-electron chi connectivity index (χ2n) is 6.51. The van der Waals surface area contributed by atoms with Gasteiger partial charge in [0.05, 0.1) is 17.0 Å². The molecule has 0 unspecified atom stereocenters. The standard InChI is InChI=1S/C17H20N4O3S2/c22-16-10-12-9-14(3-4-15(12)20-16)26(23,24)18-6-5-13-11-25-17(19-13)21-7-1-2-8-21/h3-4,9,11,18H,1-2,5-8,10H2,(H,20,22). The molecule has 0 radical (unpaired) electrons. The third kappa shape index (κ3) is 3.60. The Morgan fingerprint density at radius 3 is 2.88 bits per heavy atom. The molecule has 0 aliphatic carbocycles. The molecule has 4 rings (SSSR count). The Morgan fingerprint density at radius 2 is 2.08 bits per heavy atom. The number of carbonyl (C=O) groups excluding carboxylic acids is 1. The Hall–Kier alpha value is -1.97. The maximum Gasteiger partial charge on any atom is 0.240 e. The molecule has 138 valence electrons. The average Bonchev–Trinajstić information content (AvgIpc) is 3.33. The predicted octanol–water partition coefficient (Wildman–Crippen LogP) is 1.76. The van der Waals surface area contributed by atoms with Gasteiger partial charge in [0.2, 0.25) is 15.9 Å². The molecule has 1 aromatic carbocycles. The van der Waals surface area contributed by atoms with Crippen LogP contribution in [0.5, 0.6) is 0 Å². The van der Waals surface area contributed by atoms with Crippen LogP contribution in [0.25, 0.3) is 0 Å². The zero-order valence-electron chi connectivity index (χ0n) is 14.2. The monoisotopic (exact) mass is 392 g/mol. The lowest BCUT2D eigenvalue weighted by Gasteiger charge is -2.12. The van der Waals surface area contributed by atoms with Crippen LogP contribution in [0, 0.1) is 0 Å². The molecule has 1 aromatic heterocycles. The topological polar surface area (TPSA) is 91.4 Å². The van der Waals surface area contributed by atoms with E-state index in [4.69, 9.17) is 0 Å². The van der Waals surface area contributed by atoms with Crippen LogP contribution in [0.2, 0.25) is 0 Å². The van der Waals surface area contributed by atoms with Crippen molar-refractivity contribution in [3.05, 3.63) is 34.8 Å². The van der Waals surface area contributed by atoms with Crippen molar-refractivity contribution in [1.29, 1.82) is 0 Å². The van der Waals surface area contributed by atoms with Gasteiger partial charge in [-0.25, -0.2) is 18.1 Å². The molecule has 0 atom stereocenters. The predicted molar refractivity (Wildman–Crippen MR) is 101 cm³/mol. The van der Waals surface area contributed by atoms with Gasteiger partial charge in [0.15, 0.2) is 5.13 Å². The van der Waals surface area contributed by atoms with E-state index in [1.54, 1.807) is 23.5 Å². The first kappa shape index (κ1) is 17.4. The summed E-state index contributed by atoms with van der Waals surface area (Å²) in [6, 6.07) is 4.71. The Morgan fingerprint density at radius 1 is 1.27 bits per heavy atom. The number of carbonyl (C=O) groups is 1. The lowest BCUT2D eigenvalue weighted by molar-refractivity contribution is -0.115. The van der Waals surface area contributed by atoms with E-state index < -0.39 is 10.0 Å². The fraction of sp³-hybridized carbons (Fsp3) is 0.412. The summed E-state index contributed by atoms with van der Waals surface area (Å²) in [5.41, 5.74) is 2.31. The maximum absolute atomic E-state index is 12.5. The molecule has 0 spiro atoms. The van der Waals surface area contributed by atoms with Gasteiger partial charge in [-0.3, -0.25) is 4.79 Å². The van der Waals surface area contributed by atoms with E-state index in [1.165, 1.54) is 18.9 Å². The minimum Gasteiger partial charge on any atom is -0.348 e. The van der Waals surface area contributed by atoms with Gasteiger partial charge in [0.25, 0.3) is 0 Å². The summed E-state index contributed by atoms with van der Waals surface area (Å²) >= 11 is 1.61. The van der Waals surface area contributed by atoms with Gasteiger partial charge in [0.1, 0.15) is 0 Å². The van der Waals surface area contributed by atoms with E-state index in [-0.39, 0.29) is 17.2 Å². The van der Waals surface area contributed by atoms with Crippen molar-refractivity contribution < 1.29 is 13.2 Å². The van der Waals surface area contributed by atoms with Crippen molar-refractivity contribution in [1.82, 2.24) is 9.71 Å². The van der Waals surface area contributed by atoms with Gasteiger partial charge < -0.3 is 10.2 Å². The van der Waals surface area contributed by atoms with Gasteiger partial charge in [-0.1, -0.05) is 0 Å². The summed E-state index contributed by atoms with van der Waals surface area (Å²) in [7, 11) is -3.60. The number of sulfonamides is 1. The summed E-state index contributed by atoms with van der Waals surface area (Å²) in [5, 5.41) is 5.72. The number of hydrogen-bond donors (Lipinski definition) is 2. The second-order valence-corrected chi connectivity index (χ2v) is 9.11. The number of nitrogens with zero attached hydrogens (tertiary/aromatic N) is 2. The van der Waals surface area contributed by atoms with Crippen LogP contribution < -0.4 is 14.9 Å². The summed E-state index contributed by atoms with van der Waals surface area (Å²) in [4.78, 5) is 18.5. The molecule has 2 aliphatic rings. The van der Waals surface area contributed by atoms with Crippen molar-refractivity contribution in [2.24, 2.45) is 0 Å². The minimum atomic E-state index is -3.60. The van der Waals surface area contributed by atoms with Gasteiger partial charge in [-0.05, 0) is 36.6 Å². The highest BCUT2D eigenvalue weighted by atomic mass is 32.2. The Kier molecular flexibility index (Phi) is 4.68. The Balaban J connectivity index is 1.37. The fourth-order valence-electron chi connectivity index (χ4n) is 3.23. The molecule has 2 N–H and O–H groups in total. The molecule has 2 aromatic rings. The van der Waals surface area contributed by atoms with Crippen LogP contribution in [-0.4, -0.2) is 38.9 Å². The largest absolute Gasteiger partial charge is 0.348 e. The second kappa shape index (κ2) is 6.98. The quantitative estimate of drug-likeness (QED) is 0.782. The van der Waals surface area contributed by atoms with E-state index in [2.05, 4.69) is 19.9 Å². The first-order valence-electron chi connectivity index (χ1n) is 8.63. The first-order chi connectivity index (χ1) is 12.5. The van der Waals surface area contributed by atoms with Gasteiger partial charge in [0, 0.05) is 37.1 Å². The van der Waals surface area contributed by atoms with Crippen molar-refractivity contribution in [2.75, 3.05) is 29.9 Å². The smallest absolute Gasteiger partial charge is 0.240 e. The van der Waals surface area contributed by atoms with Crippen molar-refractivity contribution in [3.63, 3.8) is 0 Å². The SMILES string of the molecule is O=C1Cc2cc(S(=O)(=O)NCCc3csc(N4CCCC4)n3)ccc2N1. The van der Waals surface area contributed by atoms with Gasteiger partial charge in [-0.2, -0.15) is 0 Å². The molecule has 1 saturated heterocycles. The average molecular weight is 393 g/mol. The Labute approximate surface area is 156 Å². The molecule has 9 heteroatoms. The van der Waals surface area contributed by atoms with E-state index in [9.17, 15) is 13.2 Å². The molecular weight excluding hydrogens is 372 g/mol. The molecule has 2 aliphatic heterocycles. The molecule has 1 amide bonds. The zero-order chi connectivity index (χ0) is 18.1. The lowest BCUT2D eigenvalue weighted by atomic mass is 10.2. The maximum atomic E-state index is 12.5. The van der Waals surface area contributed by atoms with Crippen LogP contribution >= 0.6 is 11.3 Å². The van der Waals surface area contributed by atoms with Crippen molar-refractivity contribution in [3.8, 4) is 0 Å². The molecular formula is C17H20N4O3S2. The summed E-state index contributed by atoms with van der Waals surface area (Å²) < 4.78 is 27.6. The van der Waals surface area contributed by atoms with E-state index in [1.807, 2.05) is 5.38 Å². The number of fused-ring (bicyclic) bond motifs is 1. The van der Waals surface area contributed by atoms with Crippen molar-refractivity contribution >= 4 is 38.1 Å². The number of hydrogen-bond acceptors (Lipinski definition) is 6. The number of aromatic nitrogens is 1. The van der Waals surface area contributed by atoms with Crippen LogP contribution in [0.3, 0.4) is 0 Å². The van der Waals surface area contributed by atoms with Crippen LogP contribution in [0.1, 0.15) is 24.1 Å². The van der Waals surface area contributed by atoms with Crippen LogP contribution in [0.4, 0.5) is 10.8 Å². The molecule has 26 heavy (non-hydrogen) atoms. The highest BCUT2D eigenvalue weighted by molar-refractivity contribution is 7.89. The number of benzene rings is 1. The highest BCUT2D eigenvalue weighted by Gasteiger charge is 2.22. The van der Waals surface area contributed by atoms with Crippen molar-refractivity contribution in [2.45, 2.75) is 30.6 Å². The number of nitrogens with one attached hydrogen (secondary N) is 2. The molecule has 0 bridgehead atoms. The van der Waals surface area contributed by atoms with Crippen LogP contribution in [-0.2, 0) is 27.7 Å². The fourth-order valence-corrected chi connectivity index (χ4v) is 5.23. The van der Waals surface area contributed by atoms with Gasteiger partial charge in [-0.15, -0.1) is 11.3 Å². The molecule has 1 fully saturated rings. The number of amides is 1. The number of anilines is 2. The summed E-state index contributed by atoms with van der Waals surface area (Å²) in [6.45, 7) is 2.39. The molecule has 3 heterocycles. The molecule has 0 saturated carbocycles. The zero-order valence-corrected chi connectivity index (χ0v) is 15.8. The van der Waals surface area contributed by atoms with Gasteiger partial charge >= 0.3 is 0 Å².